The number of aryl methyl sites for hydroxylation is 1. The molecule has 0 aliphatic carbocycles. The van der Waals surface area contributed by atoms with Gasteiger partial charge >= 0.3 is 0 Å². The Morgan fingerprint density at radius 2 is 1.88 bits per heavy atom. The van der Waals surface area contributed by atoms with Gasteiger partial charge in [-0.25, -0.2) is 13.1 Å². The molecule has 0 amide bonds. The van der Waals surface area contributed by atoms with Crippen LogP contribution in [0, 0.1) is 6.92 Å². The summed E-state index contributed by atoms with van der Waals surface area (Å²) in [6.45, 7) is 2.29. The van der Waals surface area contributed by atoms with Crippen LogP contribution in [-0.4, -0.2) is 25.9 Å². The number of para-hydroxylation sites is 1. The van der Waals surface area contributed by atoms with Gasteiger partial charge in [0.05, 0.1) is 4.90 Å². The molecule has 0 bridgehead atoms. The molecular formula is C18H20N4O2S. The highest BCUT2D eigenvalue weighted by atomic mass is 32.2. The molecule has 0 fully saturated rings. The Balaban J connectivity index is 1.64. The van der Waals surface area contributed by atoms with Crippen LogP contribution in [0.3, 0.4) is 0 Å². The predicted molar refractivity (Wildman–Crippen MR) is 100.0 cm³/mol. The summed E-state index contributed by atoms with van der Waals surface area (Å²) in [5, 5.41) is 1.14. The Labute approximate surface area is 146 Å². The van der Waals surface area contributed by atoms with Gasteiger partial charge in [0.25, 0.3) is 10.0 Å². The molecule has 0 saturated carbocycles. The lowest BCUT2D eigenvalue weighted by Crippen LogP contribution is -2.37. The number of hydrogen-bond acceptors (Lipinski definition) is 3. The van der Waals surface area contributed by atoms with Crippen molar-refractivity contribution in [2.24, 2.45) is 10.7 Å². The van der Waals surface area contributed by atoms with E-state index in [0.717, 1.165) is 22.0 Å². The van der Waals surface area contributed by atoms with Crippen LogP contribution in [0.25, 0.3) is 10.9 Å². The average Bonchev–Trinajstić information content (AvgIpc) is 2.98. The van der Waals surface area contributed by atoms with E-state index < -0.39 is 10.0 Å². The highest BCUT2D eigenvalue weighted by Crippen LogP contribution is 2.18. The van der Waals surface area contributed by atoms with Gasteiger partial charge in [-0.3, -0.25) is 4.99 Å². The Kier molecular flexibility index (Phi) is 4.76. The fraction of sp³-hybridized carbons (Fsp3) is 0.167. The van der Waals surface area contributed by atoms with Crippen LogP contribution in [0.2, 0.25) is 0 Å². The first-order chi connectivity index (χ1) is 12.0. The zero-order valence-electron chi connectivity index (χ0n) is 13.9. The average molecular weight is 356 g/mol. The molecule has 3 aromatic rings. The lowest BCUT2D eigenvalue weighted by molar-refractivity contribution is 0.592. The first-order valence-electron chi connectivity index (χ1n) is 7.90. The molecule has 1 heterocycles. The molecule has 0 atom stereocenters. The third kappa shape index (κ3) is 4.00. The molecule has 0 aliphatic rings. The van der Waals surface area contributed by atoms with E-state index in [0.29, 0.717) is 13.0 Å². The molecule has 25 heavy (non-hydrogen) atoms. The van der Waals surface area contributed by atoms with Gasteiger partial charge in [0.1, 0.15) is 0 Å². The number of H-pyrrole nitrogens is 1. The number of nitrogens with zero attached hydrogens (tertiary/aromatic N) is 1. The molecule has 3 rings (SSSR count). The highest BCUT2D eigenvalue weighted by molar-refractivity contribution is 7.90. The number of nitrogens with two attached hydrogens (primary N) is 1. The predicted octanol–water partition coefficient (Wildman–Crippen LogP) is 2.31. The van der Waals surface area contributed by atoms with Gasteiger partial charge in [-0.05, 0) is 37.1 Å². The van der Waals surface area contributed by atoms with Crippen LogP contribution in [-0.2, 0) is 16.4 Å². The van der Waals surface area contributed by atoms with Crippen LogP contribution in [0.1, 0.15) is 11.1 Å². The zero-order chi connectivity index (χ0) is 17.9. The van der Waals surface area contributed by atoms with Crippen LogP contribution in [0.4, 0.5) is 0 Å². The van der Waals surface area contributed by atoms with Crippen molar-refractivity contribution in [3.63, 3.8) is 0 Å². The van der Waals surface area contributed by atoms with Crippen LogP contribution in [0.5, 0.6) is 0 Å². The summed E-state index contributed by atoms with van der Waals surface area (Å²) in [6.07, 6.45) is 2.60. The number of aromatic nitrogens is 1. The standard InChI is InChI=1S/C18H20N4O2S/c1-13-6-8-15(9-7-13)25(23,24)22-18(19)20-11-10-14-12-21-17-5-3-2-4-16(14)17/h2-9,12,21H,10-11H2,1H3,(H3,19,20,22). The lowest BCUT2D eigenvalue weighted by atomic mass is 10.1. The van der Waals surface area contributed by atoms with E-state index in [-0.39, 0.29) is 10.9 Å². The van der Waals surface area contributed by atoms with Gasteiger partial charge < -0.3 is 10.7 Å². The molecule has 4 N–H and O–H groups in total. The number of nitrogens with one attached hydrogen (secondary N) is 2. The summed E-state index contributed by atoms with van der Waals surface area (Å²) in [6, 6.07) is 14.5. The quantitative estimate of drug-likeness (QED) is 0.483. The Morgan fingerprint density at radius 1 is 1.16 bits per heavy atom. The van der Waals surface area contributed by atoms with E-state index in [9.17, 15) is 8.42 Å². The molecule has 2 aromatic carbocycles. The molecule has 1 aromatic heterocycles. The summed E-state index contributed by atoms with van der Waals surface area (Å²) in [4.78, 5) is 7.48. The van der Waals surface area contributed by atoms with Gasteiger partial charge in [0.15, 0.2) is 0 Å². The van der Waals surface area contributed by atoms with Gasteiger partial charge in [0.2, 0.25) is 5.96 Å². The maximum Gasteiger partial charge on any atom is 0.264 e. The summed E-state index contributed by atoms with van der Waals surface area (Å²) < 4.78 is 26.8. The van der Waals surface area contributed by atoms with E-state index in [1.54, 1.807) is 12.1 Å². The van der Waals surface area contributed by atoms with E-state index >= 15 is 0 Å². The van der Waals surface area contributed by atoms with Crippen LogP contribution in [0.15, 0.2) is 64.6 Å². The third-order valence-electron chi connectivity index (χ3n) is 3.91. The number of aliphatic imine (C=N–C) groups is 1. The van der Waals surface area contributed by atoms with Gasteiger partial charge in [-0.2, -0.15) is 0 Å². The third-order valence-corrected chi connectivity index (χ3v) is 5.28. The van der Waals surface area contributed by atoms with Crippen molar-refractivity contribution in [2.75, 3.05) is 6.54 Å². The monoisotopic (exact) mass is 356 g/mol. The minimum absolute atomic E-state index is 0.111. The molecular weight excluding hydrogens is 336 g/mol. The number of benzene rings is 2. The van der Waals surface area contributed by atoms with Crippen molar-refractivity contribution in [2.45, 2.75) is 18.2 Å². The number of fused-ring (bicyclic) bond motifs is 1. The Hall–Kier alpha value is -2.80. The number of guanidine groups is 1. The van der Waals surface area contributed by atoms with E-state index in [1.807, 2.05) is 37.4 Å². The number of hydrogen-bond donors (Lipinski definition) is 3. The Bertz CT molecular complexity index is 1000. The molecule has 6 nitrogen and oxygen atoms in total. The lowest BCUT2D eigenvalue weighted by Gasteiger charge is -2.07. The normalized spacial score (nSPS) is 12.4. The molecule has 0 spiro atoms. The maximum absolute atomic E-state index is 12.2. The van der Waals surface area contributed by atoms with E-state index in [2.05, 4.69) is 14.7 Å². The van der Waals surface area contributed by atoms with Crippen molar-refractivity contribution >= 4 is 26.9 Å². The van der Waals surface area contributed by atoms with Crippen molar-refractivity contribution < 1.29 is 8.42 Å². The van der Waals surface area contributed by atoms with Crippen molar-refractivity contribution in [3.05, 3.63) is 65.9 Å². The van der Waals surface area contributed by atoms with E-state index in [1.165, 1.54) is 12.1 Å². The molecule has 130 valence electrons. The smallest absolute Gasteiger partial charge is 0.264 e. The number of rotatable bonds is 5. The van der Waals surface area contributed by atoms with Crippen LogP contribution >= 0.6 is 0 Å². The van der Waals surface area contributed by atoms with E-state index in [4.69, 9.17) is 5.73 Å². The van der Waals surface area contributed by atoms with Gasteiger partial charge in [0, 0.05) is 23.6 Å². The first kappa shape index (κ1) is 17.0. The maximum atomic E-state index is 12.2. The van der Waals surface area contributed by atoms with Crippen molar-refractivity contribution in [1.82, 2.24) is 9.71 Å². The fourth-order valence-corrected chi connectivity index (χ4v) is 3.53. The topological polar surface area (TPSA) is 100 Å². The largest absolute Gasteiger partial charge is 0.369 e. The van der Waals surface area contributed by atoms with Crippen molar-refractivity contribution in [1.29, 1.82) is 0 Å². The summed E-state index contributed by atoms with van der Waals surface area (Å²) in [7, 11) is -3.71. The Morgan fingerprint density at radius 3 is 2.64 bits per heavy atom. The molecule has 0 unspecified atom stereocenters. The minimum atomic E-state index is -3.71. The van der Waals surface area contributed by atoms with Crippen LogP contribution < -0.4 is 10.5 Å². The zero-order valence-corrected chi connectivity index (χ0v) is 14.7. The number of sulfonamides is 1. The van der Waals surface area contributed by atoms with Gasteiger partial charge in [-0.15, -0.1) is 0 Å². The SMILES string of the molecule is Cc1ccc(S(=O)(=O)NC(N)=NCCc2c[nH]c3ccccc23)cc1. The molecule has 0 radical (unpaired) electrons. The molecule has 0 saturated heterocycles. The number of aromatic amines is 1. The second-order valence-corrected chi connectivity index (χ2v) is 7.48. The fourth-order valence-electron chi connectivity index (χ4n) is 2.58. The minimum Gasteiger partial charge on any atom is -0.369 e. The van der Waals surface area contributed by atoms with Crippen molar-refractivity contribution in [3.8, 4) is 0 Å². The van der Waals surface area contributed by atoms with Gasteiger partial charge in [-0.1, -0.05) is 35.9 Å². The summed E-state index contributed by atoms with van der Waals surface area (Å²) >= 11 is 0. The first-order valence-corrected chi connectivity index (χ1v) is 9.38. The molecule has 0 aliphatic heterocycles. The highest BCUT2D eigenvalue weighted by Gasteiger charge is 2.14. The second-order valence-electron chi connectivity index (χ2n) is 5.80. The summed E-state index contributed by atoms with van der Waals surface area (Å²) in [5.74, 6) is -0.111. The second kappa shape index (κ2) is 6.98. The molecule has 7 heteroatoms. The summed E-state index contributed by atoms with van der Waals surface area (Å²) in [5.41, 5.74) is 8.90.